The molecule has 2 aliphatic carbocycles. The zero-order chi connectivity index (χ0) is 18.4. The first-order chi connectivity index (χ1) is 12.7. The van der Waals surface area contributed by atoms with Crippen molar-refractivity contribution in [2.75, 3.05) is 0 Å². The van der Waals surface area contributed by atoms with E-state index < -0.39 is 0 Å². The smallest absolute Gasteiger partial charge is 0.291 e. The van der Waals surface area contributed by atoms with E-state index in [1.807, 2.05) is 18.2 Å². The summed E-state index contributed by atoms with van der Waals surface area (Å²) in [5, 5.41) is 11.8. The molecular formula is C21H27NO4. The Morgan fingerprint density at radius 2 is 2.00 bits per heavy atom. The van der Waals surface area contributed by atoms with Crippen LogP contribution in [0.2, 0.25) is 0 Å². The number of hydrogen-bond acceptors (Lipinski definition) is 4. The van der Waals surface area contributed by atoms with Gasteiger partial charge in [-0.15, -0.1) is 0 Å². The Morgan fingerprint density at radius 3 is 2.73 bits per heavy atom. The fourth-order valence-corrected chi connectivity index (χ4v) is 3.77. The minimum absolute atomic E-state index is 0.147. The molecule has 2 N–H and O–H groups in total. The summed E-state index contributed by atoms with van der Waals surface area (Å²) >= 11 is 0. The summed E-state index contributed by atoms with van der Waals surface area (Å²) in [4.78, 5) is 24.8. The van der Waals surface area contributed by atoms with Crippen LogP contribution in [0.5, 0.6) is 0 Å². The summed E-state index contributed by atoms with van der Waals surface area (Å²) < 4.78 is 5.24. The van der Waals surface area contributed by atoms with Gasteiger partial charge in [0.2, 0.25) is 0 Å². The fraction of sp³-hybridized carbons (Fsp3) is 0.524. The normalized spacial score (nSPS) is 20.7. The summed E-state index contributed by atoms with van der Waals surface area (Å²) in [6.45, 7) is -0.243. The maximum atomic E-state index is 12.5. The van der Waals surface area contributed by atoms with Crippen molar-refractivity contribution in [3.05, 3.63) is 47.6 Å². The van der Waals surface area contributed by atoms with Crippen molar-refractivity contribution in [2.24, 2.45) is 11.8 Å². The molecule has 0 spiro atoms. The molecule has 0 bridgehead atoms. The number of furan rings is 1. The zero-order valence-electron chi connectivity index (χ0n) is 15.1. The molecule has 1 fully saturated rings. The van der Waals surface area contributed by atoms with E-state index in [-0.39, 0.29) is 30.0 Å². The minimum Gasteiger partial charge on any atom is -0.453 e. The highest BCUT2D eigenvalue weighted by Gasteiger charge is 2.21. The number of Topliss-reactive ketones (excluding diaryl/α,β-unsaturated/α-hetero) is 1. The number of carbonyl (C=O) groups excluding carboxylic acids is 2. The molecule has 26 heavy (non-hydrogen) atoms. The molecule has 5 nitrogen and oxygen atoms in total. The van der Waals surface area contributed by atoms with Crippen LogP contribution in [0.3, 0.4) is 0 Å². The first kappa shape index (κ1) is 18.6. The number of rotatable bonds is 7. The van der Waals surface area contributed by atoms with E-state index >= 15 is 0 Å². The molecule has 2 aliphatic rings. The molecule has 1 unspecified atom stereocenters. The first-order valence-electron chi connectivity index (χ1n) is 9.57. The predicted octanol–water partition coefficient (Wildman–Crippen LogP) is 3.89. The summed E-state index contributed by atoms with van der Waals surface area (Å²) in [7, 11) is 0. The van der Waals surface area contributed by atoms with Crippen LogP contribution in [0, 0.1) is 11.8 Å². The van der Waals surface area contributed by atoms with Gasteiger partial charge in [-0.3, -0.25) is 9.59 Å². The van der Waals surface area contributed by atoms with Gasteiger partial charge in [-0.25, -0.2) is 0 Å². The van der Waals surface area contributed by atoms with E-state index in [2.05, 4.69) is 5.32 Å². The molecule has 1 heterocycles. The lowest BCUT2D eigenvalue weighted by Gasteiger charge is -2.22. The topological polar surface area (TPSA) is 79.5 Å². The number of carbonyl (C=O) groups is 2. The van der Waals surface area contributed by atoms with E-state index in [1.54, 1.807) is 6.07 Å². The standard InChI is InChI=1S/C21H27NO4/c23-14-18-10-12-20(26-18)21(25)22-17-8-4-7-16(13-17)19(24)11-9-15-5-2-1-3-6-15/h4,8,10,12-13,15-16,23H,1-3,5-7,9,11,14H2,(H,22,25). The van der Waals surface area contributed by atoms with E-state index in [0.29, 0.717) is 30.2 Å². The van der Waals surface area contributed by atoms with Crippen molar-refractivity contribution in [3.63, 3.8) is 0 Å². The van der Waals surface area contributed by atoms with Crippen molar-refractivity contribution in [1.82, 2.24) is 5.32 Å². The molecule has 5 heteroatoms. The molecule has 1 aromatic heterocycles. The summed E-state index contributed by atoms with van der Waals surface area (Å²) in [5.74, 6) is 0.912. The second-order valence-electron chi connectivity index (χ2n) is 7.25. The van der Waals surface area contributed by atoms with Gasteiger partial charge in [0, 0.05) is 18.0 Å². The average Bonchev–Trinajstić information content (AvgIpc) is 3.16. The Hall–Kier alpha value is -2.14. The second-order valence-corrected chi connectivity index (χ2v) is 7.25. The van der Waals surface area contributed by atoms with Gasteiger partial charge in [0.15, 0.2) is 5.76 Å². The maximum absolute atomic E-state index is 12.5. The van der Waals surface area contributed by atoms with Gasteiger partial charge in [0.05, 0.1) is 0 Å². The van der Waals surface area contributed by atoms with Crippen molar-refractivity contribution >= 4 is 11.7 Å². The molecule has 1 saturated carbocycles. The number of nitrogens with one attached hydrogen (secondary N) is 1. The van der Waals surface area contributed by atoms with Crippen LogP contribution >= 0.6 is 0 Å². The molecule has 0 aliphatic heterocycles. The van der Waals surface area contributed by atoms with E-state index in [9.17, 15) is 9.59 Å². The largest absolute Gasteiger partial charge is 0.453 e. The maximum Gasteiger partial charge on any atom is 0.291 e. The van der Waals surface area contributed by atoms with E-state index in [1.165, 1.54) is 38.2 Å². The van der Waals surface area contributed by atoms with Crippen LogP contribution < -0.4 is 5.32 Å². The number of ketones is 1. The van der Waals surface area contributed by atoms with E-state index in [4.69, 9.17) is 9.52 Å². The van der Waals surface area contributed by atoms with Crippen LogP contribution in [-0.2, 0) is 11.4 Å². The third-order valence-electron chi connectivity index (χ3n) is 5.30. The SMILES string of the molecule is O=C(NC1=CC(C(=O)CCC2CCCCC2)CC=C1)c1ccc(CO)o1. The van der Waals surface area contributed by atoms with Crippen molar-refractivity contribution in [2.45, 2.75) is 58.0 Å². The lowest BCUT2D eigenvalue weighted by molar-refractivity contribution is -0.121. The van der Waals surface area contributed by atoms with Crippen LogP contribution in [0.25, 0.3) is 0 Å². The highest BCUT2D eigenvalue weighted by atomic mass is 16.4. The zero-order valence-corrected chi connectivity index (χ0v) is 15.1. The summed E-state index contributed by atoms with van der Waals surface area (Å²) in [6.07, 6.45) is 14.3. The molecule has 1 aromatic rings. The van der Waals surface area contributed by atoms with Crippen molar-refractivity contribution in [3.8, 4) is 0 Å². The third-order valence-corrected chi connectivity index (χ3v) is 5.30. The number of aliphatic hydroxyl groups is 1. The predicted molar refractivity (Wildman–Crippen MR) is 98.2 cm³/mol. The van der Waals surface area contributed by atoms with Gasteiger partial charge in [-0.1, -0.05) is 44.3 Å². The van der Waals surface area contributed by atoms with Gasteiger partial charge in [-0.2, -0.15) is 0 Å². The van der Waals surface area contributed by atoms with Gasteiger partial charge < -0.3 is 14.8 Å². The number of aliphatic hydroxyl groups excluding tert-OH is 1. The van der Waals surface area contributed by atoms with Crippen LogP contribution in [0.4, 0.5) is 0 Å². The summed E-state index contributed by atoms with van der Waals surface area (Å²) in [6, 6.07) is 3.10. The second kappa shape index (κ2) is 8.99. The Bertz CT molecular complexity index is 695. The molecule has 3 rings (SSSR count). The lowest BCUT2D eigenvalue weighted by atomic mass is 9.83. The minimum atomic E-state index is -0.379. The van der Waals surface area contributed by atoms with Gasteiger partial charge in [0.1, 0.15) is 18.2 Å². The summed E-state index contributed by atoms with van der Waals surface area (Å²) in [5.41, 5.74) is 0.624. The Morgan fingerprint density at radius 1 is 1.19 bits per heavy atom. The van der Waals surface area contributed by atoms with Crippen molar-refractivity contribution < 1.29 is 19.1 Å². The Kier molecular flexibility index (Phi) is 6.45. The molecule has 0 saturated heterocycles. The van der Waals surface area contributed by atoms with Gasteiger partial charge in [-0.05, 0) is 37.0 Å². The Labute approximate surface area is 154 Å². The fourth-order valence-electron chi connectivity index (χ4n) is 3.77. The van der Waals surface area contributed by atoms with Crippen LogP contribution in [0.1, 0.15) is 67.7 Å². The third kappa shape index (κ3) is 4.94. The molecule has 0 radical (unpaired) electrons. The quantitative estimate of drug-likeness (QED) is 0.776. The highest BCUT2D eigenvalue weighted by molar-refractivity contribution is 5.93. The van der Waals surface area contributed by atoms with Crippen molar-refractivity contribution in [1.29, 1.82) is 0 Å². The number of hydrogen-bond donors (Lipinski definition) is 2. The lowest BCUT2D eigenvalue weighted by Crippen LogP contribution is -2.25. The van der Waals surface area contributed by atoms with Gasteiger partial charge in [0.25, 0.3) is 5.91 Å². The van der Waals surface area contributed by atoms with Crippen LogP contribution in [0.15, 0.2) is 40.5 Å². The molecule has 1 amide bonds. The Balaban J connectivity index is 1.53. The first-order valence-corrected chi connectivity index (χ1v) is 9.57. The van der Waals surface area contributed by atoms with Crippen LogP contribution in [-0.4, -0.2) is 16.8 Å². The molecule has 0 aromatic carbocycles. The van der Waals surface area contributed by atoms with E-state index in [0.717, 1.165) is 6.42 Å². The highest BCUT2D eigenvalue weighted by Crippen LogP contribution is 2.28. The average molecular weight is 357 g/mol. The van der Waals surface area contributed by atoms with Gasteiger partial charge >= 0.3 is 0 Å². The molecule has 140 valence electrons. The molecular weight excluding hydrogens is 330 g/mol. The monoisotopic (exact) mass is 357 g/mol. The number of allylic oxidation sites excluding steroid dienone is 3. The number of amides is 1. The molecule has 1 atom stereocenters.